The largest absolute Gasteiger partial charge is 0.493 e. The first-order valence-electron chi connectivity index (χ1n) is 10.1. The minimum Gasteiger partial charge on any atom is -0.493 e. The Hall–Kier alpha value is -3.02. The van der Waals surface area contributed by atoms with Gasteiger partial charge in [0.15, 0.2) is 0 Å². The number of likely N-dealkylation sites (tertiary alicyclic amines) is 1. The molecule has 0 spiro atoms. The van der Waals surface area contributed by atoms with Crippen molar-refractivity contribution in [2.75, 3.05) is 26.8 Å². The summed E-state index contributed by atoms with van der Waals surface area (Å²) in [7, 11) is 1.35. The normalized spacial score (nSPS) is 18.7. The van der Waals surface area contributed by atoms with Gasteiger partial charge in [-0.1, -0.05) is 36.4 Å². The average molecular weight is 411 g/mol. The number of amides is 1. The fourth-order valence-electron chi connectivity index (χ4n) is 3.63. The molecule has 2 aromatic rings. The molecule has 1 aliphatic rings. The third-order valence-corrected chi connectivity index (χ3v) is 5.04. The van der Waals surface area contributed by atoms with Crippen LogP contribution in [0.2, 0.25) is 0 Å². The molecule has 0 radical (unpaired) electrons. The van der Waals surface area contributed by atoms with Crippen LogP contribution in [0.4, 0.5) is 4.79 Å². The molecule has 6 nitrogen and oxygen atoms in total. The summed E-state index contributed by atoms with van der Waals surface area (Å²) in [5.41, 5.74) is 1.07. The molecule has 6 heteroatoms. The molecule has 3 rings (SSSR count). The van der Waals surface area contributed by atoms with Crippen molar-refractivity contribution >= 4 is 12.1 Å². The number of benzene rings is 2. The Kier molecular flexibility index (Phi) is 6.65. The van der Waals surface area contributed by atoms with E-state index in [1.165, 1.54) is 12.7 Å². The third-order valence-electron chi connectivity index (χ3n) is 5.04. The number of hydrogen-bond acceptors (Lipinski definition) is 5. The van der Waals surface area contributed by atoms with E-state index in [1.54, 1.807) is 23.1 Å². The Morgan fingerprint density at radius 1 is 1.03 bits per heavy atom. The molecule has 1 heterocycles. The first-order valence-corrected chi connectivity index (χ1v) is 10.1. The first kappa shape index (κ1) is 21.7. The molecule has 0 unspecified atom stereocenters. The second-order valence-corrected chi connectivity index (χ2v) is 8.49. The van der Waals surface area contributed by atoms with Crippen molar-refractivity contribution in [2.45, 2.75) is 32.3 Å². The van der Waals surface area contributed by atoms with E-state index in [0.717, 1.165) is 0 Å². The summed E-state index contributed by atoms with van der Waals surface area (Å²) in [5, 5.41) is 0. The minimum atomic E-state index is -0.539. The molecule has 2 atom stereocenters. The Morgan fingerprint density at radius 3 is 2.43 bits per heavy atom. The second kappa shape index (κ2) is 9.20. The van der Waals surface area contributed by atoms with E-state index in [-0.39, 0.29) is 17.9 Å². The lowest BCUT2D eigenvalue weighted by Crippen LogP contribution is -2.35. The number of hydrogen-bond donors (Lipinski definition) is 0. The summed E-state index contributed by atoms with van der Waals surface area (Å²) in [6, 6.07) is 17.1. The Bertz CT molecular complexity index is 875. The average Bonchev–Trinajstić information content (AvgIpc) is 3.16. The predicted molar refractivity (Wildman–Crippen MR) is 114 cm³/mol. The predicted octanol–water partition coefficient (Wildman–Crippen LogP) is 4.50. The fraction of sp³-hybridized carbons (Fsp3) is 0.417. The number of nitrogens with zero attached hydrogens (tertiary/aromatic N) is 1. The minimum absolute atomic E-state index is 0.0988. The highest BCUT2D eigenvalue weighted by Crippen LogP contribution is 2.34. The highest BCUT2D eigenvalue weighted by Gasteiger charge is 2.38. The van der Waals surface area contributed by atoms with Crippen LogP contribution in [0.1, 0.15) is 42.6 Å². The van der Waals surface area contributed by atoms with Crippen LogP contribution in [0.25, 0.3) is 0 Å². The number of methoxy groups -OCH3 is 1. The smallest absolute Gasteiger partial charge is 0.410 e. The van der Waals surface area contributed by atoms with E-state index < -0.39 is 11.6 Å². The topological polar surface area (TPSA) is 65.1 Å². The van der Waals surface area contributed by atoms with E-state index in [1.807, 2.05) is 45.0 Å². The summed E-state index contributed by atoms with van der Waals surface area (Å²) in [4.78, 5) is 26.1. The molecule has 0 aromatic heterocycles. The van der Waals surface area contributed by atoms with Gasteiger partial charge >= 0.3 is 12.1 Å². The summed E-state index contributed by atoms with van der Waals surface area (Å²) >= 11 is 0. The van der Waals surface area contributed by atoms with Gasteiger partial charge in [-0.3, -0.25) is 0 Å². The monoisotopic (exact) mass is 411 g/mol. The van der Waals surface area contributed by atoms with Crippen molar-refractivity contribution in [2.24, 2.45) is 5.92 Å². The molecule has 2 aromatic carbocycles. The van der Waals surface area contributed by atoms with Crippen LogP contribution in [0.15, 0.2) is 54.6 Å². The Morgan fingerprint density at radius 2 is 1.77 bits per heavy atom. The molecule has 1 fully saturated rings. The standard InChI is InChI=1S/C24H29NO5/c1-24(2,3)30-23(27)25-14-19(21(15-25)17-9-6-5-7-10-17)16-29-20-12-8-11-18(13-20)22(26)28-4/h5-13,19,21H,14-16H2,1-4H3/t19-,21-/m1/s1. The van der Waals surface area contributed by atoms with Crippen molar-refractivity contribution in [1.29, 1.82) is 0 Å². The molecular formula is C24H29NO5. The van der Waals surface area contributed by atoms with Gasteiger partial charge in [0.25, 0.3) is 0 Å². The van der Waals surface area contributed by atoms with E-state index >= 15 is 0 Å². The van der Waals surface area contributed by atoms with E-state index in [2.05, 4.69) is 12.1 Å². The van der Waals surface area contributed by atoms with Crippen molar-refractivity contribution in [3.8, 4) is 5.75 Å². The van der Waals surface area contributed by atoms with Gasteiger partial charge in [0.2, 0.25) is 0 Å². The van der Waals surface area contributed by atoms with Crippen LogP contribution in [0, 0.1) is 5.92 Å². The zero-order chi connectivity index (χ0) is 21.7. The van der Waals surface area contributed by atoms with Crippen LogP contribution in [0.5, 0.6) is 5.75 Å². The summed E-state index contributed by atoms with van der Waals surface area (Å²) in [6.07, 6.45) is -0.307. The van der Waals surface area contributed by atoms with Crippen LogP contribution in [0.3, 0.4) is 0 Å². The first-order chi connectivity index (χ1) is 14.3. The second-order valence-electron chi connectivity index (χ2n) is 8.49. The van der Waals surface area contributed by atoms with Gasteiger partial charge in [-0.2, -0.15) is 0 Å². The molecule has 30 heavy (non-hydrogen) atoms. The van der Waals surface area contributed by atoms with E-state index in [9.17, 15) is 9.59 Å². The molecule has 0 aliphatic carbocycles. The molecule has 0 bridgehead atoms. The molecule has 1 saturated heterocycles. The molecule has 160 valence electrons. The molecule has 0 saturated carbocycles. The van der Waals surface area contributed by atoms with E-state index in [4.69, 9.17) is 14.2 Å². The van der Waals surface area contributed by atoms with Crippen molar-refractivity contribution in [1.82, 2.24) is 4.90 Å². The summed E-state index contributed by atoms with van der Waals surface area (Å²) in [6.45, 7) is 7.14. The lowest BCUT2D eigenvalue weighted by atomic mass is 9.89. The van der Waals surface area contributed by atoms with Gasteiger partial charge in [-0.25, -0.2) is 9.59 Å². The number of ether oxygens (including phenoxy) is 3. The maximum Gasteiger partial charge on any atom is 0.410 e. The Balaban J connectivity index is 1.73. The van der Waals surface area contributed by atoms with Crippen LogP contribution in [-0.4, -0.2) is 49.4 Å². The molecule has 1 aliphatic heterocycles. The Labute approximate surface area is 177 Å². The lowest BCUT2D eigenvalue weighted by Gasteiger charge is -2.24. The van der Waals surface area contributed by atoms with Gasteiger partial charge in [0, 0.05) is 24.9 Å². The van der Waals surface area contributed by atoms with Crippen LogP contribution < -0.4 is 4.74 Å². The number of carbonyl (C=O) groups is 2. The van der Waals surface area contributed by atoms with Crippen molar-refractivity contribution < 1.29 is 23.8 Å². The number of rotatable bonds is 5. The van der Waals surface area contributed by atoms with Gasteiger partial charge in [-0.05, 0) is 44.5 Å². The van der Waals surface area contributed by atoms with Gasteiger partial charge in [0.05, 0.1) is 19.3 Å². The van der Waals surface area contributed by atoms with Gasteiger partial charge < -0.3 is 19.1 Å². The zero-order valence-electron chi connectivity index (χ0n) is 18.0. The molecule has 0 N–H and O–H groups in total. The number of carbonyl (C=O) groups excluding carboxylic acids is 2. The fourth-order valence-corrected chi connectivity index (χ4v) is 3.63. The van der Waals surface area contributed by atoms with Crippen LogP contribution >= 0.6 is 0 Å². The number of esters is 1. The molecular weight excluding hydrogens is 382 g/mol. The third kappa shape index (κ3) is 5.53. The summed E-state index contributed by atoms with van der Waals surface area (Å²) < 4.78 is 16.4. The van der Waals surface area contributed by atoms with Crippen molar-refractivity contribution in [3.05, 3.63) is 65.7 Å². The maximum atomic E-state index is 12.6. The summed E-state index contributed by atoms with van der Waals surface area (Å²) in [5.74, 6) is 0.434. The van der Waals surface area contributed by atoms with Crippen LogP contribution in [-0.2, 0) is 9.47 Å². The van der Waals surface area contributed by atoms with Gasteiger partial charge in [-0.15, -0.1) is 0 Å². The van der Waals surface area contributed by atoms with Crippen molar-refractivity contribution in [3.63, 3.8) is 0 Å². The quantitative estimate of drug-likeness (QED) is 0.678. The highest BCUT2D eigenvalue weighted by atomic mass is 16.6. The SMILES string of the molecule is COC(=O)c1cccc(OC[C@H]2CN(C(=O)OC(C)(C)C)C[C@@H]2c2ccccc2)c1. The molecule has 1 amide bonds. The maximum absolute atomic E-state index is 12.6. The van der Waals surface area contributed by atoms with Gasteiger partial charge in [0.1, 0.15) is 11.4 Å². The zero-order valence-corrected chi connectivity index (χ0v) is 18.0. The lowest BCUT2D eigenvalue weighted by molar-refractivity contribution is 0.0283. The highest BCUT2D eigenvalue weighted by molar-refractivity contribution is 5.89. The van der Waals surface area contributed by atoms with E-state index in [0.29, 0.717) is 31.0 Å².